The summed E-state index contributed by atoms with van der Waals surface area (Å²) in [6.07, 6.45) is 6.84. The van der Waals surface area contributed by atoms with Crippen LogP contribution in [0, 0.1) is 12.3 Å². The molecule has 0 fully saturated rings. The Labute approximate surface area is 222 Å². The highest BCUT2D eigenvalue weighted by molar-refractivity contribution is 9.10. The van der Waals surface area contributed by atoms with Gasteiger partial charge in [-0.25, -0.2) is 4.98 Å². The molecule has 3 aromatic carbocycles. The molecule has 178 valence electrons. The lowest BCUT2D eigenvalue weighted by molar-refractivity contribution is 0.330. The topological polar surface area (TPSA) is 78.9 Å². The van der Waals surface area contributed by atoms with Crippen molar-refractivity contribution in [2.75, 3.05) is 13.7 Å². The summed E-state index contributed by atoms with van der Waals surface area (Å²) < 4.78 is 19.8. The molecule has 0 radical (unpaired) electrons. The Bertz CT molecular complexity index is 1750. The zero-order valence-electron chi connectivity index (χ0n) is 18.9. The highest BCUT2D eigenvalue weighted by Gasteiger charge is 2.17. The van der Waals surface area contributed by atoms with Crippen LogP contribution in [0.3, 0.4) is 0 Å². The fourth-order valence-corrected chi connectivity index (χ4v) is 4.48. The van der Waals surface area contributed by atoms with Gasteiger partial charge in [0.15, 0.2) is 17.3 Å². The van der Waals surface area contributed by atoms with Crippen LogP contribution in [0.2, 0.25) is 0 Å². The van der Waals surface area contributed by atoms with Gasteiger partial charge in [0.25, 0.3) is 5.56 Å². The van der Waals surface area contributed by atoms with Crippen LogP contribution < -0.4 is 15.0 Å². The molecule has 5 aromatic rings. The number of para-hydroxylation sites is 1. The standard InChI is InChI=1S/C27H17Br2N3O4/c1-3-10-35-24-14-20(29)17(13-23(24)34-2)15-30-32-26(31-21-7-5-4-6-19(21)27(32)33)25-12-16-11-18(28)8-9-22(16)36-25/h1,4-9,11-15H,10H2,2H3. The number of furan rings is 1. The van der Waals surface area contributed by atoms with E-state index in [2.05, 4.69) is 42.9 Å². The predicted molar refractivity (Wildman–Crippen MR) is 147 cm³/mol. The fraction of sp³-hybridized carbons (Fsp3) is 0.0741. The first-order valence-corrected chi connectivity index (χ1v) is 12.3. The predicted octanol–water partition coefficient (Wildman–Crippen LogP) is 6.24. The number of halogens is 2. The van der Waals surface area contributed by atoms with Crippen LogP contribution >= 0.6 is 31.9 Å². The average molecular weight is 607 g/mol. The van der Waals surface area contributed by atoms with E-state index in [0.717, 1.165) is 9.86 Å². The molecule has 0 saturated heterocycles. The van der Waals surface area contributed by atoms with Crippen LogP contribution in [0.5, 0.6) is 11.5 Å². The molecule has 7 nitrogen and oxygen atoms in total. The van der Waals surface area contributed by atoms with Gasteiger partial charge in [-0.15, -0.1) is 6.42 Å². The Balaban J connectivity index is 1.67. The molecule has 0 amide bonds. The molecule has 0 bridgehead atoms. The zero-order chi connectivity index (χ0) is 25.2. The first kappa shape index (κ1) is 23.9. The maximum atomic E-state index is 13.5. The van der Waals surface area contributed by atoms with Gasteiger partial charge in [-0.1, -0.05) is 34.0 Å². The van der Waals surface area contributed by atoms with E-state index in [-0.39, 0.29) is 18.0 Å². The SMILES string of the molecule is C#CCOc1cc(Br)c(C=Nn2c(-c3cc4cc(Br)ccc4o3)nc3ccccc3c2=O)cc1OC. The molecule has 9 heteroatoms. The molecule has 2 aromatic heterocycles. The molecular weight excluding hydrogens is 590 g/mol. The molecule has 0 atom stereocenters. The van der Waals surface area contributed by atoms with Gasteiger partial charge >= 0.3 is 0 Å². The average Bonchev–Trinajstić information content (AvgIpc) is 3.30. The van der Waals surface area contributed by atoms with E-state index in [0.29, 0.717) is 43.8 Å². The van der Waals surface area contributed by atoms with E-state index in [1.165, 1.54) is 18.0 Å². The highest BCUT2D eigenvalue weighted by Crippen LogP contribution is 2.33. The Morgan fingerprint density at radius 1 is 1.14 bits per heavy atom. The Morgan fingerprint density at radius 3 is 2.78 bits per heavy atom. The van der Waals surface area contributed by atoms with Crippen molar-refractivity contribution in [2.45, 2.75) is 0 Å². The van der Waals surface area contributed by atoms with Gasteiger partial charge in [0, 0.05) is 19.9 Å². The maximum Gasteiger partial charge on any atom is 0.282 e. The minimum atomic E-state index is -0.328. The molecule has 36 heavy (non-hydrogen) atoms. The molecule has 2 heterocycles. The second-order valence-electron chi connectivity index (χ2n) is 7.62. The van der Waals surface area contributed by atoms with E-state index in [1.54, 1.807) is 30.3 Å². The van der Waals surface area contributed by atoms with E-state index in [1.807, 2.05) is 30.3 Å². The van der Waals surface area contributed by atoms with Crippen LogP contribution in [0.1, 0.15) is 5.56 Å². The van der Waals surface area contributed by atoms with Gasteiger partial charge in [-0.05, 0) is 64.5 Å². The van der Waals surface area contributed by atoms with Crippen molar-refractivity contribution >= 4 is 59.9 Å². The van der Waals surface area contributed by atoms with E-state index < -0.39 is 0 Å². The number of fused-ring (bicyclic) bond motifs is 2. The summed E-state index contributed by atoms with van der Waals surface area (Å²) in [4.78, 5) is 18.2. The number of terminal acetylenes is 1. The second-order valence-corrected chi connectivity index (χ2v) is 9.39. The van der Waals surface area contributed by atoms with E-state index in [9.17, 15) is 4.79 Å². The summed E-state index contributed by atoms with van der Waals surface area (Å²) in [5.74, 6) is 4.08. The summed E-state index contributed by atoms with van der Waals surface area (Å²) in [6, 6.07) is 18.1. The van der Waals surface area contributed by atoms with E-state index in [4.69, 9.17) is 25.3 Å². The molecule has 0 N–H and O–H groups in total. The van der Waals surface area contributed by atoms with Crippen molar-refractivity contribution in [3.8, 4) is 35.4 Å². The fourth-order valence-electron chi connectivity index (χ4n) is 3.68. The van der Waals surface area contributed by atoms with E-state index >= 15 is 0 Å². The van der Waals surface area contributed by atoms with Crippen molar-refractivity contribution in [3.63, 3.8) is 0 Å². The lowest BCUT2D eigenvalue weighted by atomic mass is 10.2. The first-order valence-electron chi connectivity index (χ1n) is 10.7. The van der Waals surface area contributed by atoms with Gasteiger partial charge in [-0.3, -0.25) is 4.79 Å². The number of rotatable bonds is 6. The van der Waals surface area contributed by atoms with Crippen molar-refractivity contribution in [1.29, 1.82) is 0 Å². The van der Waals surface area contributed by atoms with Gasteiger partial charge in [0.1, 0.15) is 12.2 Å². The maximum absolute atomic E-state index is 13.5. The number of aromatic nitrogens is 2. The van der Waals surface area contributed by atoms with Crippen LogP contribution in [0.4, 0.5) is 0 Å². The molecule has 0 aliphatic heterocycles. The third kappa shape index (κ3) is 4.53. The van der Waals surface area contributed by atoms with Gasteiger partial charge in [0.05, 0.1) is 24.2 Å². The summed E-state index contributed by atoms with van der Waals surface area (Å²) in [5, 5.41) is 5.81. The van der Waals surface area contributed by atoms with Gasteiger partial charge in [0.2, 0.25) is 5.82 Å². The molecule has 0 aliphatic carbocycles. The highest BCUT2D eigenvalue weighted by atomic mass is 79.9. The number of ether oxygens (including phenoxy) is 2. The van der Waals surface area contributed by atoms with Crippen LogP contribution in [-0.4, -0.2) is 29.6 Å². The Kier molecular flexibility index (Phi) is 6.63. The first-order chi connectivity index (χ1) is 17.5. The quantitative estimate of drug-likeness (QED) is 0.169. The number of nitrogens with zero attached hydrogens (tertiary/aromatic N) is 3. The minimum Gasteiger partial charge on any atom is -0.493 e. The number of hydrogen-bond acceptors (Lipinski definition) is 6. The number of methoxy groups -OCH3 is 1. The van der Waals surface area contributed by atoms with Crippen LogP contribution in [0.15, 0.2) is 83.9 Å². The Hall–Kier alpha value is -3.87. The Morgan fingerprint density at radius 2 is 1.97 bits per heavy atom. The third-order valence-corrected chi connectivity index (χ3v) is 6.54. The molecule has 5 rings (SSSR count). The summed E-state index contributed by atoms with van der Waals surface area (Å²) in [6.45, 7) is 0.103. The molecular formula is C27H17Br2N3O4. The monoisotopic (exact) mass is 605 g/mol. The van der Waals surface area contributed by atoms with Crippen molar-refractivity contribution in [2.24, 2.45) is 5.10 Å². The largest absolute Gasteiger partial charge is 0.493 e. The molecule has 0 saturated carbocycles. The van der Waals surface area contributed by atoms with Crippen molar-refractivity contribution in [3.05, 3.63) is 85.5 Å². The van der Waals surface area contributed by atoms with Crippen molar-refractivity contribution in [1.82, 2.24) is 9.66 Å². The van der Waals surface area contributed by atoms with Crippen LogP contribution in [0.25, 0.3) is 33.5 Å². The smallest absolute Gasteiger partial charge is 0.282 e. The molecule has 0 spiro atoms. The van der Waals surface area contributed by atoms with Gasteiger partial charge < -0.3 is 13.9 Å². The molecule has 0 unspecified atom stereocenters. The summed E-state index contributed by atoms with van der Waals surface area (Å²) in [5.41, 5.74) is 1.54. The van der Waals surface area contributed by atoms with Gasteiger partial charge in [-0.2, -0.15) is 9.78 Å². The molecule has 0 aliphatic rings. The summed E-state index contributed by atoms with van der Waals surface area (Å²) >= 11 is 7.00. The van der Waals surface area contributed by atoms with Crippen molar-refractivity contribution < 1.29 is 13.9 Å². The zero-order valence-corrected chi connectivity index (χ0v) is 22.0. The normalized spacial score (nSPS) is 11.3. The minimum absolute atomic E-state index is 0.103. The summed E-state index contributed by atoms with van der Waals surface area (Å²) in [7, 11) is 1.53. The third-order valence-electron chi connectivity index (χ3n) is 5.36. The lowest BCUT2D eigenvalue weighted by Gasteiger charge is -2.11. The number of benzene rings is 3. The van der Waals surface area contributed by atoms with Crippen LogP contribution in [-0.2, 0) is 0 Å². The number of hydrogen-bond donors (Lipinski definition) is 0. The second kappa shape index (κ2) is 10.0. The lowest BCUT2D eigenvalue weighted by Crippen LogP contribution is -2.20.